The van der Waals surface area contributed by atoms with E-state index < -0.39 is 29.2 Å². The Bertz CT molecular complexity index is 824. The molecule has 0 saturated carbocycles. The summed E-state index contributed by atoms with van der Waals surface area (Å²) < 4.78 is 18.2. The number of nitro groups is 1. The van der Waals surface area contributed by atoms with E-state index in [1.807, 2.05) is 0 Å². The number of amides is 1. The smallest absolute Gasteiger partial charge is 0.341 e. The van der Waals surface area contributed by atoms with Gasteiger partial charge in [0.25, 0.3) is 11.6 Å². The first-order valence-electron chi connectivity index (χ1n) is 7.02. The highest BCUT2D eigenvalue weighted by atomic mass is 19.1. The highest BCUT2D eigenvalue weighted by Gasteiger charge is 2.15. The molecule has 0 radical (unpaired) electrons. The zero-order chi connectivity index (χ0) is 18.4. The minimum Gasteiger partial charge on any atom is -0.481 e. The second-order valence-electron chi connectivity index (χ2n) is 4.93. The number of hydrogen-bond acceptors (Lipinski definition) is 5. The fourth-order valence-corrected chi connectivity index (χ4v) is 2.00. The van der Waals surface area contributed by atoms with E-state index >= 15 is 0 Å². The summed E-state index contributed by atoms with van der Waals surface area (Å²) in [5.74, 6) is -2.80. The second-order valence-corrected chi connectivity index (χ2v) is 4.93. The first-order valence-corrected chi connectivity index (χ1v) is 7.02. The Labute approximate surface area is 141 Å². The molecular weight excluding hydrogens is 335 g/mol. The van der Waals surface area contributed by atoms with E-state index in [0.29, 0.717) is 5.56 Å². The predicted octanol–water partition coefficient (Wildman–Crippen LogP) is 2.13. The van der Waals surface area contributed by atoms with Crippen molar-refractivity contribution in [2.75, 3.05) is 6.61 Å². The number of carboxylic acid groups (broad SMARTS) is 1. The monoisotopic (exact) mass is 348 g/mol. The summed E-state index contributed by atoms with van der Waals surface area (Å²) in [5, 5.41) is 21.9. The van der Waals surface area contributed by atoms with Crippen molar-refractivity contribution >= 4 is 17.6 Å². The molecule has 0 aromatic heterocycles. The number of carboxylic acids is 1. The van der Waals surface area contributed by atoms with Crippen molar-refractivity contribution in [1.82, 2.24) is 5.32 Å². The molecule has 2 aromatic rings. The number of non-ortho nitro benzene ring substituents is 1. The molecule has 0 spiro atoms. The van der Waals surface area contributed by atoms with E-state index in [4.69, 9.17) is 9.84 Å². The molecule has 8 nitrogen and oxygen atoms in total. The molecule has 0 aliphatic rings. The number of halogens is 1. The molecule has 0 bridgehead atoms. The van der Waals surface area contributed by atoms with Gasteiger partial charge in [0.2, 0.25) is 0 Å². The van der Waals surface area contributed by atoms with Crippen LogP contribution in [0.1, 0.15) is 15.9 Å². The summed E-state index contributed by atoms with van der Waals surface area (Å²) in [4.78, 5) is 33.0. The third kappa shape index (κ3) is 4.99. The minimum absolute atomic E-state index is 0.00371. The zero-order valence-corrected chi connectivity index (χ0v) is 12.8. The Hall–Kier alpha value is -3.49. The molecule has 0 saturated heterocycles. The molecule has 130 valence electrons. The number of carbonyl (C=O) groups is 2. The third-order valence-corrected chi connectivity index (χ3v) is 3.11. The number of nitrogens with zero attached hydrogens (tertiary/aromatic N) is 1. The SMILES string of the molecule is O=C(O)COc1cc(F)ccc1C(=O)NCc1cccc([N+](=O)[O-])c1. The summed E-state index contributed by atoms with van der Waals surface area (Å²) in [7, 11) is 0. The van der Waals surface area contributed by atoms with Crippen LogP contribution in [-0.2, 0) is 11.3 Å². The molecule has 2 aromatic carbocycles. The molecule has 0 fully saturated rings. The minimum atomic E-state index is -1.27. The van der Waals surface area contributed by atoms with E-state index in [9.17, 15) is 24.1 Å². The van der Waals surface area contributed by atoms with Gasteiger partial charge in [0.1, 0.15) is 11.6 Å². The number of benzene rings is 2. The summed E-state index contributed by atoms with van der Waals surface area (Å²) in [6.07, 6.45) is 0. The van der Waals surface area contributed by atoms with Crippen LogP contribution in [-0.4, -0.2) is 28.5 Å². The van der Waals surface area contributed by atoms with E-state index in [1.54, 1.807) is 6.07 Å². The lowest BCUT2D eigenvalue weighted by Crippen LogP contribution is -2.24. The van der Waals surface area contributed by atoms with Crippen LogP contribution in [0.15, 0.2) is 42.5 Å². The fourth-order valence-electron chi connectivity index (χ4n) is 2.00. The summed E-state index contributed by atoms with van der Waals surface area (Å²) in [6.45, 7) is -0.731. The molecule has 2 rings (SSSR count). The van der Waals surface area contributed by atoms with Crippen molar-refractivity contribution in [3.8, 4) is 5.75 Å². The normalized spacial score (nSPS) is 10.1. The van der Waals surface area contributed by atoms with Crippen molar-refractivity contribution in [2.24, 2.45) is 0 Å². The molecule has 1 amide bonds. The first-order chi connectivity index (χ1) is 11.9. The van der Waals surface area contributed by atoms with Crippen molar-refractivity contribution in [3.63, 3.8) is 0 Å². The first kappa shape index (κ1) is 17.9. The summed E-state index contributed by atoms with van der Waals surface area (Å²) in [6, 6.07) is 8.82. The average molecular weight is 348 g/mol. The molecule has 0 unspecified atom stereocenters. The molecule has 0 aliphatic carbocycles. The van der Waals surface area contributed by atoms with Gasteiger partial charge in [0, 0.05) is 24.7 Å². The quantitative estimate of drug-likeness (QED) is 0.584. The van der Waals surface area contributed by atoms with Gasteiger partial charge in [-0.3, -0.25) is 14.9 Å². The number of nitro benzene ring substituents is 1. The fraction of sp³-hybridized carbons (Fsp3) is 0.125. The standard InChI is InChI=1S/C16H13FN2O6/c17-11-4-5-13(14(7-11)25-9-15(20)21)16(22)18-8-10-2-1-3-12(6-10)19(23)24/h1-7H,8-9H2,(H,18,22)(H,20,21). The van der Waals surface area contributed by atoms with Crippen LogP contribution in [0.3, 0.4) is 0 Å². The zero-order valence-electron chi connectivity index (χ0n) is 12.8. The predicted molar refractivity (Wildman–Crippen MR) is 83.8 cm³/mol. The van der Waals surface area contributed by atoms with Crippen molar-refractivity contribution in [3.05, 3.63) is 69.5 Å². The number of aliphatic carboxylic acids is 1. The maximum atomic E-state index is 13.3. The number of rotatable bonds is 7. The van der Waals surface area contributed by atoms with Gasteiger partial charge in [-0.1, -0.05) is 12.1 Å². The summed E-state index contributed by atoms with van der Waals surface area (Å²) >= 11 is 0. The maximum absolute atomic E-state index is 13.3. The van der Waals surface area contributed by atoms with Gasteiger partial charge in [-0.15, -0.1) is 0 Å². The van der Waals surface area contributed by atoms with Crippen LogP contribution in [0, 0.1) is 15.9 Å². The highest BCUT2D eigenvalue weighted by Crippen LogP contribution is 2.20. The van der Waals surface area contributed by atoms with Gasteiger partial charge in [-0.25, -0.2) is 9.18 Å². The van der Waals surface area contributed by atoms with Crippen LogP contribution in [0.2, 0.25) is 0 Å². The van der Waals surface area contributed by atoms with Gasteiger partial charge in [0.05, 0.1) is 10.5 Å². The molecule has 0 atom stereocenters. The molecule has 25 heavy (non-hydrogen) atoms. The number of ether oxygens (including phenoxy) is 1. The lowest BCUT2D eigenvalue weighted by atomic mass is 10.1. The Kier molecular flexibility index (Phi) is 5.62. The Morgan fingerprint density at radius 1 is 1.24 bits per heavy atom. The van der Waals surface area contributed by atoms with Crippen LogP contribution in [0.4, 0.5) is 10.1 Å². The van der Waals surface area contributed by atoms with E-state index in [0.717, 1.165) is 18.2 Å². The largest absolute Gasteiger partial charge is 0.481 e. The Balaban J connectivity index is 2.11. The van der Waals surface area contributed by atoms with Crippen molar-refractivity contribution < 1.29 is 28.7 Å². The summed E-state index contributed by atoms with van der Waals surface area (Å²) in [5.41, 5.74) is 0.338. The van der Waals surface area contributed by atoms with Crippen molar-refractivity contribution in [2.45, 2.75) is 6.54 Å². The maximum Gasteiger partial charge on any atom is 0.341 e. The molecule has 2 N–H and O–H groups in total. The van der Waals surface area contributed by atoms with Gasteiger partial charge < -0.3 is 15.2 Å². The second kappa shape index (κ2) is 7.86. The number of carbonyl (C=O) groups excluding carboxylic acids is 1. The van der Waals surface area contributed by atoms with Crippen LogP contribution in [0.5, 0.6) is 5.75 Å². The molecule has 0 aliphatic heterocycles. The Morgan fingerprint density at radius 2 is 2.00 bits per heavy atom. The average Bonchev–Trinajstić information content (AvgIpc) is 2.58. The van der Waals surface area contributed by atoms with Gasteiger partial charge in [0.15, 0.2) is 6.61 Å². The van der Waals surface area contributed by atoms with Crippen LogP contribution >= 0.6 is 0 Å². The van der Waals surface area contributed by atoms with Crippen LogP contribution < -0.4 is 10.1 Å². The molecule has 9 heteroatoms. The molecular formula is C16H13FN2O6. The lowest BCUT2D eigenvalue weighted by molar-refractivity contribution is -0.384. The van der Waals surface area contributed by atoms with E-state index in [2.05, 4.69) is 5.32 Å². The number of hydrogen-bond donors (Lipinski definition) is 2. The van der Waals surface area contributed by atoms with Crippen LogP contribution in [0.25, 0.3) is 0 Å². The van der Waals surface area contributed by atoms with Crippen molar-refractivity contribution in [1.29, 1.82) is 0 Å². The van der Waals surface area contributed by atoms with E-state index in [-0.39, 0.29) is 23.5 Å². The van der Waals surface area contributed by atoms with Gasteiger partial charge >= 0.3 is 5.97 Å². The third-order valence-electron chi connectivity index (χ3n) is 3.11. The van der Waals surface area contributed by atoms with E-state index in [1.165, 1.54) is 18.2 Å². The molecule has 0 heterocycles. The highest BCUT2D eigenvalue weighted by molar-refractivity contribution is 5.97. The Morgan fingerprint density at radius 3 is 2.68 bits per heavy atom. The topological polar surface area (TPSA) is 119 Å². The van der Waals surface area contributed by atoms with Gasteiger partial charge in [-0.2, -0.15) is 0 Å². The number of nitrogens with one attached hydrogen (secondary N) is 1. The van der Waals surface area contributed by atoms with Gasteiger partial charge in [-0.05, 0) is 17.7 Å². The lowest BCUT2D eigenvalue weighted by Gasteiger charge is -2.11.